The monoisotopic (exact) mass is 361 g/mol. The van der Waals surface area contributed by atoms with E-state index in [4.69, 9.17) is 14.6 Å². The largest absolute Gasteiger partial charge is 0.483 e. The van der Waals surface area contributed by atoms with Crippen LogP contribution < -0.4 is 0 Å². The van der Waals surface area contributed by atoms with Crippen molar-refractivity contribution in [2.45, 2.75) is 6.04 Å². The number of carboxylic acid groups (broad SMARTS) is 1. The highest BCUT2D eigenvalue weighted by Gasteiger charge is 2.39. The van der Waals surface area contributed by atoms with Crippen LogP contribution in [0.2, 0.25) is 0 Å². The van der Waals surface area contributed by atoms with Crippen LogP contribution >= 0.6 is 0 Å². The summed E-state index contributed by atoms with van der Waals surface area (Å²) in [6.07, 6.45) is 3.36. The van der Waals surface area contributed by atoms with Crippen molar-refractivity contribution < 1.29 is 24.2 Å². The van der Waals surface area contributed by atoms with Crippen molar-refractivity contribution in [2.24, 2.45) is 5.92 Å². The van der Waals surface area contributed by atoms with E-state index < -0.39 is 0 Å². The van der Waals surface area contributed by atoms with E-state index in [0.29, 0.717) is 37.5 Å². The van der Waals surface area contributed by atoms with E-state index >= 15 is 0 Å². The Bertz CT molecular complexity index is 822. The van der Waals surface area contributed by atoms with Crippen molar-refractivity contribution in [3.8, 4) is 0 Å². The normalized spacial score (nSPS) is 22.4. The van der Waals surface area contributed by atoms with E-state index in [-0.39, 0.29) is 30.2 Å². The molecule has 1 N–H and O–H groups in total. The molecular weight excluding hydrogens is 342 g/mol. The first-order valence-electron chi connectivity index (χ1n) is 8.06. The van der Waals surface area contributed by atoms with Gasteiger partial charge in [-0.15, -0.1) is 10.2 Å². The van der Waals surface area contributed by atoms with Crippen LogP contribution in [0, 0.1) is 5.92 Å². The van der Waals surface area contributed by atoms with Crippen molar-refractivity contribution in [2.75, 3.05) is 33.4 Å². The number of likely N-dealkylation sites (N-methyl/N-ethyl adjacent to an activating group) is 1. The molecule has 2 aliphatic rings. The molecule has 0 radical (unpaired) electrons. The van der Waals surface area contributed by atoms with Crippen molar-refractivity contribution in [1.29, 1.82) is 0 Å². The molecule has 0 unspecified atom stereocenters. The topological polar surface area (TPSA) is 117 Å². The Morgan fingerprint density at radius 2 is 2.15 bits per heavy atom. The van der Waals surface area contributed by atoms with Crippen LogP contribution in [0.5, 0.6) is 0 Å². The molecule has 2 saturated heterocycles. The number of amides is 2. The number of hydrogen-bond acceptors (Lipinski definition) is 6. The molecular formula is C16H19N5O5. The van der Waals surface area contributed by atoms with Crippen molar-refractivity contribution >= 4 is 23.9 Å². The van der Waals surface area contributed by atoms with E-state index in [1.54, 1.807) is 45.9 Å². The maximum absolute atomic E-state index is 13.0. The number of nitrogens with zero attached hydrogens (tertiary/aromatic N) is 5. The van der Waals surface area contributed by atoms with Crippen molar-refractivity contribution in [3.63, 3.8) is 0 Å². The third-order valence-electron chi connectivity index (χ3n) is 4.59. The number of hydrogen-bond donors (Lipinski definition) is 1. The smallest absolute Gasteiger partial charge is 0.290 e. The first kappa shape index (κ1) is 17.8. The maximum Gasteiger partial charge on any atom is 0.290 e. The Kier molecular flexibility index (Phi) is 5.12. The molecule has 138 valence electrons. The molecule has 2 aliphatic heterocycles. The predicted octanol–water partition coefficient (Wildman–Crippen LogP) is -0.641. The van der Waals surface area contributed by atoms with E-state index in [1.807, 2.05) is 0 Å². The van der Waals surface area contributed by atoms with Gasteiger partial charge in [-0.25, -0.2) is 0 Å². The fourth-order valence-electron chi connectivity index (χ4n) is 3.25. The standard InChI is InChI=1S/C15H17N5O3.CH2O2/c1-18-11-6-20(5-10(14(18)21)7-23-8-11)15(22)12-3-2-4-19-9-16-17-13(12)19;2-1-3/h2-4,9-11H,5-8H2,1H3;1H,(H,2,3)/t10-,11+;/m1./s1. The van der Waals surface area contributed by atoms with Gasteiger partial charge in [0, 0.05) is 26.3 Å². The average molecular weight is 361 g/mol. The number of carbonyl (C=O) groups excluding carboxylic acids is 2. The van der Waals surface area contributed by atoms with E-state index in [1.165, 1.54) is 0 Å². The van der Waals surface area contributed by atoms with Gasteiger partial charge in [0.1, 0.15) is 6.33 Å². The summed E-state index contributed by atoms with van der Waals surface area (Å²) in [5, 5.41) is 14.8. The lowest BCUT2D eigenvalue weighted by Crippen LogP contribution is -2.45. The Morgan fingerprint density at radius 1 is 1.38 bits per heavy atom. The molecule has 2 aromatic rings. The van der Waals surface area contributed by atoms with Crippen LogP contribution in [0.15, 0.2) is 24.7 Å². The predicted molar refractivity (Wildman–Crippen MR) is 88.5 cm³/mol. The van der Waals surface area contributed by atoms with Gasteiger partial charge in [0.15, 0.2) is 5.65 Å². The summed E-state index contributed by atoms with van der Waals surface area (Å²) in [7, 11) is 1.78. The second-order valence-electron chi connectivity index (χ2n) is 6.14. The van der Waals surface area contributed by atoms with Gasteiger partial charge in [0.05, 0.1) is 30.7 Å². The molecule has 2 aromatic heterocycles. The van der Waals surface area contributed by atoms with E-state index in [2.05, 4.69) is 10.2 Å². The highest BCUT2D eigenvalue weighted by molar-refractivity contribution is 6.00. The summed E-state index contributed by atoms with van der Waals surface area (Å²) < 4.78 is 7.28. The molecule has 0 aromatic carbocycles. The number of rotatable bonds is 1. The Balaban J connectivity index is 0.000000613. The number of fused-ring (bicyclic) bond motifs is 4. The van der Waals surface area contributed by atoms with Gasteiger partial charge < -0.3 is 19.6 Å². The zero-order chi connectivity index (χ0) is 18.7. The molecule has 2 amide bonds. The molecule has 2 fully saturated rings. The fourth-order valence-corrected chi connectivity index (χ4v) is 3.25. The summed E-state index contributed by atoms with van der Waals surface area (Å²) in [4.78, 5) is 37.2. The summed E-state index contributed by atoms with van der Waals surface area (Å²) in [5.74, 6) is -0.388. The zero-order valence-electron chi connectivity index (χ0n) is 14.2. The summed E-state index contributed by atoms with van der Waals surface area (Å²) in [5.41, 5.74) is 1.03. The fraction of sp³-hybridized carbons (Fsp3) is 0.438. The quantitative estimate of drug-likeness (QED) is 0.671. The third kappa shape index (κ3) is 3.23. The van der Waals surface area contributed by atoms with E-state index in [0.717, 1.165) is 0 Å². The van der Waals surface area contributed by atoms with Gasteiger partial charge in [-0.2, -0.15) is 0 Å². The Morgan fingerprint density at radius 3 is 2.92 bits per heavy atom. The highest BCUT2D eigenvalue weighted by Crippen LogP contribution is 2.22. The summed E-state index contributed by atoms with van der Waals surface area (Å²) in [6, 6.07) is 3.43. The van der Waals surface area contributed by atoms with Crippen LogP contribution in [0.4, 0.5) is 0 Å². The van der Waals surface area contributed by atoms with Crippen LogP contribution in [-0.4, -0.2) is 87.2 Å². The van der Waals surface area contributed by atoms with Crippen LogP contribution in [0.3, 0.4) is 0 Å². The molecule has 4 rings (SSSR count). The number of ether oxygens (including phenoxy) is 1. The van der Waals surface area contributed by atoms with Gasteiger partial charge in [-0.1, -0.05) is 0 Å². The molecule has 0 saturated carbocycles. The van der Waals surface area contributed by atoms with Crippen LogP contribution in [0.1, 0.15) is 10.4 Å². The first-order valence-corrected chi connectivity index (χ1v) is 8.06. The van der Waals surface area contributed by atoms with Crippen LogP contribution in [-0.2, 0) is 14.3 Å². The third-order valence-corrected chi connectivity index (χ3v) is 4.59. The Labute approximate surface area is 149 Å². The molecule has 4 heterocycles. The SMILES string of the molecule is CN1C(=O)[C@H]2COC[C@@H]1CN(C(=O)c1cccn3cnnc13)C2.O=CO. The minimum atomic E-state index is -0.311. The van der Waals surface area contributed by atoms with E-state index in [9.17, 15) is 9.59 Å². The summed E-state index contributed by atoms with van der Waals surface area (Å²) in [6.45, 7) is 1.40. The second kappa shape index (κ2) is 7.48. The van der Waals surface area contributed by atoms with Gasteiger partial charge in [0.2, 0.25) is 5.91 Å². The van der Waals surface area contributed by atoms with Gasteiger partial charge in [-0.3, -0.25) is 18.8 Å². The van der Waals surface area contributed by atoms with Gasteiger partial charge >= 0.3 is 0 Å². The van der Waals surface area contributed by atoms with Crippen LogP contribution in [0.25, 0.3) is 5.65 Å². The summed E-state index contributed by atoms with van der Waals surface area (Å²) >= 11 is 0. The number of carbonyl (C=O) groups is 3. The minimum Gasteiger partial charge on any atom is -0.483 e. The first-order chi connectivity index (χ1) is 12.6. The minimum absolute atomic E-state index is 0.0449. The molecule has 2 atom stereocenters. The molecule has 0 aliphatic carbocycles. The molecule has 2 bridgehead atoms. The second-order valence-corrected chi connectivity index (χ2v) is 6.14. The molecule has 26 heavy (non-hydrogen) atoms. The maximum atomic E-state index is 13.0. The lowest BCUT2D eigenvalue weighted by molar-refractivity contribution is -0.134. The average Bonchev–Trinajstić information content (AvgIpc) is 3.01. The van der Waals surface area contributed by atoms with Crippen molar-refractivity contribution in [3.05, 3.63) is 30.2 Å². The lowest BCUT2D eigenvalue weighted by atomic mass is 10.1. The lowest BCUT2D eigenvalue weighted by Gasteiger charge is -2.29. The molecule has 0 spiro atoms. The molecule has 10 nitrogen and oxygen atoms in total. The zero-order valence-corrected chi connectivity index (χ0v) is 14.2. The number of aromatic nitrogens is 3. The Hall–Kier alpha value is -3.01. The van der Waals surface area contributed by atoms with Gasteiger partial charge in [0.25, 0.3) is 12.4 Å². The van der Waals surface area contributed by atoms with Gasteiger partial charge in [-0.05, 0) is 12.1 Å². The number of pyridine rings is 1. The highest BCUT2D eigenvalue weighted by atomic mass is 16.5. The van der Waals surface area contributed by atoms with Crippen molar-refractivity contribution in [1.82, 2.24) is 24.4 Å². The molecule has 10 heteroatoms.